The van der Waals surface area contributed by atoms with Crippen molar-refractivity contribution < 1.29 is 19.2 Å². The van der Waals surface area contributed by atoms with Crippen molar-refractivity contribution in [2.24, 2.45) is 0 Å². The molecular formula is C31H32N4O5S. The van der Waals surface area contributed by atoms with Gasteiger partial charge in [0.25, 0.3) is 5.91 Å². The summed E-state index contributed by atoms with van der Waals surface area (Å²) in [6.07, 6.45) is 1.19. The number of nitro groups is 1. The van der Waals surface area contributed by atoms with Gasteiger partial charge in [0, 0.05) is 23.4 Å². The molecule has 41 heavy (non-hydrogen) atoms. The third-order valence-electron chi connectivity index (χ3n) is 6.04. The van der Waals surface area contributed by atoms with Gasteiger partial charge in [-0.15, -0.1) is 0 Å². The topological polar surface area (TPSA) is 115 Å². The van der Waals surface area contributed by atoms with Gasteiger partial charge in [-0.25, -0.2) is 9.78 Å². The zero-order valence-electron chi connectivity index (χ0n) is 23.4. The van der Waals surface area contributed by atoms with Gasteiger partial charge in [-0.3, -0.25) is 25.1 Å². The second-order valence-electron chi connectivity index (χ2n) is 10.3. The van der Waals surface area contributed by atoms with Gasteiger partial charge in [-0.2, -0.15) is 0 Å². The minimum Gasteiger partial charge on any atom is -0.443 e. The Balaban J connectivity index is 1.72. The molecule has 0 saturated carbocycles. The zero-order valence-corrected chi connectivity index (χ0v) is 24.2. The lowest BCUT2D eigenvalue weighted by atomic mass is 9.98. The first-order chi connectivity index (χ1) is 19.6. The molecule has 0 aliphatic heterocycles. The lowest BCUT2D eigenvalue weighted by molar-refractivity contribution is -0.379. The quantitative estimate of drug-likeness (QED) is 0.160. The van der Waals surface area contributed by atoms with Gasteiger partial charge < -0.3 is 4.74 Å². The number of ether oxygens (including phenoxy) is 1. The van der Waals surface area contributed by atoms with Crippen molar-refractivity contribution in [1.82, 2.24) is 4.98 Å². The Morgan fingerprint density at radius 1 is 1.00 bits per heavy atom. The molecule has 0 unspecified atom stereocenters. The zero-order chi connectivity index (χ0) is 29.6. The molecule has 0 bridgehead atoms. The molecule has 212 valence electrons. The maximum absolute atomic E-state index is 13.6. The fraction of sp³-hybridized carbons (Fsp3) is 0.258. The monoisotopic (exact) mass is 572 g/mol. The lowest BCUT2D eigenvalue weighted by Gasteiger charge is -2.28. The number of benzene rings is 3. The molecule has 3 aromatic carbocycles. The molecule has 4 aromatic rings. The third kappa shape index (κ3) is 7.34. The molecule has 0 spiro atoms. The molecule has 0 radical (unpaired) electrons. The number of aromatic nitrogens is 1. The summed E-state index contributed by atoms with van der Waals surface area (Å²) >= 11 is 0.802. The molecule has 1 aromatic heterocycles. The van der Waals surface area contributed by atoms with Crippen molar-refractivity contribution >= 4 is 39.2 Å². The van der Waals surface area contributed by atoms with Gasteiger partial charge in [-0.05, 0) is 67.9 Å². The van der Waals surface area contributed by atoms with Gasteiger partial charge in [0.2, 0.25) is 0 Å². The summed E-state index contributed by atoms with van der Waals surface area (Å²) in [7, 11) is 0. The van der Waals surface area contributed by atoms with Crippen LogP contribution >= 0.6 is 11.3 Å². The maximum Gasteiger partial charge on any atom is 0.414 e. The van der Waals surface area contributed by atoms with Gasteiger partial charge in [0.05, 0.1) is 4.92 Å². The Hall–Kier alpha value is -4.57. The Kier molecular flexibility index (Phi) is 9.14. The van der Waals surface area contributed by atoms with Crippen molar-refractivity contribution in [2.75, 3.05) is 16.8 Å². The summed E-state index contributed by atoms with van der Waals surface area (Å²) in [5, 5.41) is 14.4. The third-order valence-corrected chi connectivity index (χ3v) is 6.96. The van der Waals surface area contributed by atoms with Crippen LogP contribution in [0.25, 0.3) is 22.4 Å². The Bertz CT molecular complexity index is 1530. The van der Waals surface area contributed by atoms with Crippen LogP contribution in [0.1, 0.15) is 50.9 Å². The standard InChI is InChI=1S/C31H32N4O5S/c1-5-6-19-34(30(37)40-31(2,3)4)23-17-18-24(25(20-23)21-13-9-7-10-14-21)27(36)33-29-32-26(28(41-29)35(38)39)22-15-11-8-12-16-22/h7-18,20H,5-6,19H2,1-4H3,(H,32,33,36). The fourth-order valence-electron chi connectivity index (χ4n) is 4.15. The van der Waals surface area contributed by atoms with Crippen molar-refractivity contribution in [1.29, 1.82) is 0 Å². The smallest absolute Gasteiger partial charge is 0.414 e. The van der Waals surface area contributed by atoms with Crippen LogP contribution < -0.4 is 10.2 Å². The number of nitrogens with one attached hydrogen (secondary N) is 1. The molecule has 1 heterocycles. The Labute approximate surface area is 243 Å². The Morgan fingerprint density at radius 2 is 1.63 bits per heavy atom. The summed E-state index contributed by atoms with van der Waals surface area (Å²) < 4.78 is 5.67. The van der Waals surface area contributed by atoms with Gasteiger partial charge in [0.1, 0.15) is 5.60 Å². The van der Waals surface area contributed by atoms with E-state index in [0.717, 1.165) is 29.7 Å². The molecule has 2 amide bonds. The summed E-state index contributed by atoms with van der Waals surface area (Å²) in [6, 6.07) is 23.3. The van der Waals surface area contributed by atoms with Gasteiger partial charge >= 0.3 is 11.1 Å². The van der Waals surface area contributed by atoms with E-state index in [1.54, 1.807) is 47.4 Å². The van der Waals surface area contributed by atoms with Crippen LogP contribution in [0.3, 0.4) is 0 Å². The number of anilines is 2. The van der Waals surface area contributed by atoms with Crippen LogP contribution in [0.5, 0.6) is 0 Å². The van der Waals surface area contributed by atoms with E-state index in [1.807, 2.05) is 64.1 Å². The number of rotatable bonds is 9. The largest absolute Gasteiger partial charge is 0.443 e. The highest BCUT2D eigenvalue weighted by molar-refractivity contribution is 7.19. The molecule has 9 nitrogen and oxygen atoms in total. The number of hydrogen-bond acceptors (Lipinski definition) is 7. The van der Waals surface area contributed by atoms with Crippen LogP contribution in [0.2, 0.25) is 0 Å². The van der Waals surface area contributed by atoms with E-state index in [0.29, 0.717) is 28.9 Å². The number of nitrogens with zero attached hydrogens (tertiary/aromatic N) is 3. The normalized spacial score (nSPS) is 11.1. The van der Waals surface area contributed by atoms with Crippen LogP contribution in [0, 0.1) is 10.1 Å². The maximum atomic E-state index is 13.6. The van der Waals surface area contributed by atoms with Crippen molar-refractivity contribution in [3.63, 3.8) is 0 Å². The number of unbranched alkanes of at least 4 members (excludes halogenated alkanes) is 1. The van der Waals surface area contributed by atoms with E-state index in [9.17, 15) is 19.7 Å². The average molecular weight is 573 g/mol. The lowest BCUT2D eigenvalue weighted by Crippen LogP contribution is -2.37. The molecule has 10 heteroatoms. The summed E-state index contributed by atoms with van der Waals surface area (Å²) in [5.74, 6) is -0.476. The van der Waals surface area contributed by atoms with Crippen LogP contribution in [0.15, 0.2) is 78.9 Å². The van der Waals surface area contributed by atoms with E-state index in [1.165, 1.54) is 0 Å². The van der Waals surface area contributed by atoms with E-state index < -0.39 is 22.5 Å². The van der Waals surface area contributed by atoms with Gasteiger partial charge in [0.15, 0.2) is 10.8 Å². The van der Waals surface area contributed by atoms with E-state index >= 15 is 0 Å². The minimum absolute atomic E-state index is 0.113. The van der Waals surface area contributed by atoms with Crippen molar-refractivity contribution in [2.45, 2.75) is 46.1 Å². The highest BCUT2D eigenvalue weighted by Crippen LogP contribution is 2.38. The first-order valence-electron chi connectivity index (χ1n) is 13.3. The number of thiazole rings is 1. The molecule has 1 N–H and O–H groups in total. The SMILES string of the molecule is CCCCN(C(=O)OC(C)(C)C)c1ccc(C(=O)Nc2nc(-c3ccccc3)c([N+](=O)[O-])s2)c(-c2ccccc2)c1. The molecule has 0 aliphatic carbocycles. The van der Waals surface area contributed by atoms with Crippen LogP contribution in [0.4, 0.5) is 20.6 Å². The Morgan fingerprint density at radius 3 is 2.22 bits per heavy atom. The second-order valence-corrected chi connectivity index (χ2v) is 11.3. The van der Waals surface area contributed by atoms with E-state index in [4.69, 9.17) is 4.74 Å². The fourth-order valence-corrected chi connectivity index (χ4v) is 4.95. The van der Waals surface area contributed by atoms with Crippen LogP contribution in [-0.4, -0.2) is 34.1 Å². The van der Waals surface area contributed by atoms with E-state index in [-0.39, 0.29) is 15.8 Å². The molecule has 0 saturated heterocycles. The highest BCUT2D eigenvalue weighted by atomic mass is 32.1. The molecule has 4 rings (SSSR count). The predicted molar refractivity (Wildman–Crippen MR) is 163 cm³/mol. The average Bonchev–Trinajstić information content (AvgIpc) is 3.37. The van der Waals surface area contributed by atoms with Gasteiger partial charge in [-0.1, -0.05) is 74.0 Å². The summed E-state index contributed by atoms with van der Waals surface area (Å²) in [4.78, 5) is 43.9. The summed E-state index contributed by atoms with van der Waals surface area (Å²) in [6.45, 7) is 7.95. The minimum atomic E-state index is -0.668. The number of amides is 2. The molecule has 0 aliphatic rings. The first kappa shape index (κ1) is 29.4. The number of carbonyl (C=O) groups excluding carboxylic acids is 2. The van der Waals surface area contributed by atoms with Crippen molar-refractivity contribution in [3.05, 3.63) is 94.5 Å². The van der Waals surface area contributed by atoms with Crippen LogP contribution in [-0.2, 0) is 4.74 Å². The number of hydrogen-bond donors (Lipinski definition) is 1. The molecule has 0 fully saturated rings. The predicted octanol–water partition coefficient (Wildman–Crippen LogP) is 8.18. The second kappa shape index (κ2) is 12.7. The van der Waals surface area contributed by atoms with E-state index in [2.05, 4.69) is 10.3 Å². The first-order valence-corrected chi connectivity index (χ1v) is 14.1. The summed E-state index contributed by atoms with van der Waals surface area (Å²) in [5.41, 5.74) is 2.41. The molecular weight excluding hydrogens is 540 g/mol. The highest BCUT2D eigenvalue weighted by Gasteiger charge is 2.27. The van der Waals surface area contributed by atoms with Crippen molar-refractivity contribution in [3.8, 4) is 22.4 Å². The molecule has 0 atom stereocenters. The number of carbonyl (C=O) groups is 2.